The molecule has 124 valence electrons. The van der Waals surface area contributed by atoms with Crippen molar-refractivity contribution in [2.45, 2.75) is 26.2 Å². The van der Waals surface area contributed by atoms with E-state index in [2.05, 4.69) is 6.07 Å². The Morgan fingerprint density at radius 3 is 2.79 bits per heavy atom. The zero-order chi connectivity index (χ0) is 17.1. The zero-order valence-corrected chi connectivity index (χ0v) is 14.6. The molecule has 0 radical (unpaired) electrons. The topological polar surface area (TPSA) is 43.4 Å². The van der Waals surface area contributed by atoms with Crippen molar-refractivity contribution in [3.63, 3.8) is 0 Å². The molecule has 0 saturated carbocycles. The summed E-state index contributed by atoms with van der Waals surface area (Å²) in [6, 6.07) is 12.1. The average molecular weight is 340 g/mol. The first-order chi connectivity index (χ1) is 11.6. The molecule has 1 aliphatic carbocycles. The van der Waals surface area contributed by atoms with Crippen LogP contribution < -0.4 is 0 Å². The van der Waals surface area contributed by atoms with Crippen molar-refractivity contribution in [1.29, 1.82) is 0 Å². The van der Waals surface area contributed by atoms with Crippen LogP contribution in [-0.2, 0) is 14.3 Å². The number of ether oxygens (including phenoxy) is 1. The summed E-state index contributed by atoms with van der Waals surface area (Å²) in [6.45, 7) is 4.08. The zero-order valence-electron chi connectivity index (χ0n) is 13.8. The lowest BCUT2D eigenvalue weighted by Crippen LogP contribution is -2.33. The van der Waals surface area contributed by atoms with Gasteiger partial charge in [0.1, 0.15) is 5.92 Å². The predicted octanol–water partition coefficient (Wildman–Crippen LogP) is 4.38. The van der Waals surface area contributed by atoms with Crippen LogP contribution in [0.4, 0.5) is 0 Å². The molecular formula is C20H20O3S. The van der Waals surface area contributed by atoms with Gasteiger partial charge in [0.05, 0.1) is 6.61 Å². The van der Waals surface area contributed by atoms with E-state index in [1.54, 1.807) is 24.3 Å². The summed E-state index contributed by atoms with van der Waals surface area (Å²) in [7, 11) is 0. The highest BCUT2D eigenvalue weighted by atomic mass is 32.1. The maximum atomic E-state index is 12.7. The van der Waals surface area contributed by atoms with Crippen molar-refractivity contribution in [2.75, 3.05) is 6.61 Å². The molecule has 1 aromatic carbocycles. The van der Waals surface area contributed by atoms with Crippen LogP contribution in [0.15, 0.2) is 47.9 Å². The fourth-order valence-electron chi connectivity index (χ4n) is 3.20. The van der Waals surface area contributed by atoms with Crippen LogP contribution in [0.25, 0.3) is 5.57 Å². The lowest BCUT2D eigenvalue weighted by Gasteiger charge is -2.28. The Balaban J connectivity index is 2.00. The van der Waals surface area contributed by atoms with Gasteiger partial charge in [-0.2, -0.15) is 0 Å². The van der Waals surface area contributed by atoms with E-state index in [9.17, 15) is 9.59 Å². The molecule has 0 N–H and O–H groups in total. The Kier molecular flexibility index (Phi) is 4.95. The second-order valence-corrected chi connectivity index (χ2v) is 6.98. The molecule has 0 spiro atoms. The van der Waals surface area contributed by atoms with E-state index in [0.29, 0.717) is 6.42 Å². The molecule has 1 aliphatic rings. The molecule has 1 aromatic heterocycles. The minimum absolute atomic E-state index is 0.155. The van der Waals surface area contributed by atoms with Gasteiger partial charge >= 0.3 is 5.97 Å². The number of carbonyl (C=O) groups excluding carboxylic acids is 2. The molecule has 24 heavy (non-hydrogen) atoms. The quantitative estimate of drug-likeness (QED) is 0.613. The van der Waals surface area contributed by atoms with E-state index >= 15 is 0 Å². The second kappa shape index (κ2) is 7.14. The Labute approximate surface area is 146 Å². The molecule has 3 nitrogen and oxygen atoms in total. The average Bonchev–Trinajstić information content (AvgIpc) is 3.08. The fraction of sp³-hybridized carbons (Fsp3) is 0.300. The van der Waals surface area contributed by atoms with Crippen LogP contribution >= 0.6 is 11.3 Å². The minimum Gasteiger partial charge on any atom is -0.465 e. The number of aryl methyl sites for hydroxylation is 1. The normalized spacial score (nSPS) is 20.6. The van der Waals surface area contributed by atoms with Gasteiger partial charge in [-0.15, -0.1) is 11.3 Å². The van der Waals surface area contributed by atoms with Crippen LogP contribution in [-0.4, -0.2) is 18.4 Å². The molecule has 2 atom stereocenters. The lowest BCUT2D eigenvalue weighted by molar-refractivity contribution is -0.151. The standard InChI is InChI=1S/C20H20O3S/c1-3-23-20(22)19-16(18-8-5-9-24-18)11-15(12-17(19)21)14-7-4-6-13(2)10-14/h4-10,12,16,19H,3,11H2,1-2H3/t16-,19+/m1/s1. The Hall–Kier alpha value is -2.20. The van der Waals surface area contributed by atoms with Crippen molar-refractivity contribution in [3.05, 3.63) is 63.9 Å². The third-order valence-corrected chi connectivity index (χ3v) is 5.31. The highest BCUT2D eigenvalue weighted by Gasteiger charge is 2.40. The summed E-state index contributed by atoms with van der Waals surface area (Å²) < 4.78 is 5.16. The number of benzene rings is 1. The van der Waals surface area contributed by atoms with Crippen LogP contribution in [0.5, 0.6) is 0 Å². The third kappa shape index (κ3) is 3.34. The summed E-state index contributed by atoms with van der Waals surface area (Å²) in [6.07, 6.45) is 2.29. The lowest BCUT2D eigenvalue weighted by atomic mass is 9.76. The number of rotatable bonds is 4. The molecule has 0 bridgehead atoms. The van der Waals surface area contributed by atoms with Crippen LogP contribution in [0, 0.1) is 12.8 Å². The molecule has 0 unspecified atom stereocenters. The van der Waals surface area contributed by atoms with Gasteiger partial charge in [-0.25, -0.2) is 0 Å². The number of hydrogen-bond acceptors (Lipinski definition) is 4. The van der Waals surface area contributed by atoms with Gasteiger partial charge in [-0.1, -0.05) is 35.9 Å². The first-order valence-corrected chi connectivity index (χ1v) is 8.99. The first kappa shape index (κ1) is 16.7. The smallest absolute Gasteiger partial charge is 0.317 e. The second-order valence-electron chi connectivity index (χ2n) is 6.00. The van der Waals surface area contributed by atoms with Gasteiger partial charge in [-0.3, -0.25) is 9.59 Å². The Bertz CT molecular complexity index is 774. The summed E-state index contributed by atoms with van der Waals surface area (Å²) in [5.41, 5.74) is 3.19. The van der Waals surface area contributed by atoms with Gasteiger partial charge in [0, 0.05) is 10.8 Å². The monoisotopic (exact) mass is 340 g/mol. The predicted molar refractivity (Wildman–Crippen MR) is 96.0 cm³/mol. The number of allylic oxidation sites excluding steroid dienone is 2. The highest BCUT2D eigenvalue weighted by Crippen LogP contribution is 2.41. The van der Waals surface area contributed by atoms with Crippen molar-refractivity contribution < 1.29 is 14.3 Å². The molecule has 0 fully saturated rings. The number of esters is 1. The van der Waals surface area contributed by atoms with Crippen molar-refractivity contribution in [1.82, 2.24) is 0 Å². The van der Waals surface area contributed by atoms with Crippen molar-refractivity contribution in [2.24, 2.45) is 5.92 Å². The fourth-order valence-corrected chi connectivity index (χ4v) is 4.06. The molecular weight excluding hydrogens is 320 g/mol. The Morgan fingerprint density at radius 2 is 2.12 bits per heavy atom. The molecule has 0 saturated heterocycles. The summed E-state index contributed by atoms with van der Waals surface area (Å²) in [5, 5.41) is 1.98. The van der Waals surface area contributed by atoms with E-state index in [4.69, 9.17) is 4.74 Å². The summed E-state index contributed by atoms with van der Waals surface area (Å²) >= 11 is 1.58. The summed E-state index contributed by atoms with van der Waals surface area (Å²) in [4.78, 5) is 26.1. The number of carbonyl (C=O) groups is 2. The third-order valence-electron chi connectivity index (χ3n) is 4.30. The van der Waals surface area contributed by atoms with Crippen LogP contribution in [0.3, 0.4) is 0 Å². The minimum atomic E-state index is -0.739. The number of ketones is 1. The van der Waals surface area contributed by atoms with Crippen molar-refractivity contribution >= 4 is 28.7 Å². The van der Waals surface area contributed by atoms with Crippen LogP contribution in [0.2, 0.25) is 0 Å². The summed E-state index contributed by atoms with van der Waals surface area (Å²) in [5.74, 6) is -1.47. The van der Waals surface area contributed by atoms with Gasteiger partial charge in [0.2, 0.25) is 0 Å². The number of hydrogen-bond donors (Lipinski definition) is 0. The van der Waals surface area contributed by atoms with Gasteiger partial charge in [0.25, 0.3) is 0 Å². The molecule has 4 heteroatoms. The van der Waals surface area contributed by atoms with Crippen molar-refractivity contribution in [3.8, 4) is 0 Å². The highest BCUT2D eigenvalue weighted by molar-refractivity contribution is 7.10. The van der Waals surface area contributed by atoms with E-state index in [1.807, 2.05) is 42.6 Å². The maximum absolute atomic E-state index is 12.7. The molecule has 2 aromatic rings. The van der Waals surface area contributed by atoms with E-state index in [-0.39, 0.29) is 18.3 Å². The maximum Gasteiger partial charge on any atom is 0.317 e. The van der Waals surface area contributed by atoms with E-state index < -0.39 is 11.9 Å². The van der Waals surface area contributed by atoms with Gasteiger partial charge < -0.3 is 4.74 Å². The van der Waals surface area contributed by atoms with E-state index in [0.717, 1.165) is 21.6 Å². The molecule has 0 aliphatic heterocycles. The SMILES string of the molecule is CCOC(=O)[C@@H]1C(=O)C=C(c2cccc(C)c2)C[C@@H]1c1cccs1. The van der Waals surface area contributed by atoms with Gasteiger partial charge in [-0.05, 0) is 48.9 Å². The largest absolute Gasteiger partial charge is 0.465 e. The molecule has 3 rings (SSSR count). The van der Waals surface area contributed by atoms with E-state index in [1.165, 1.54) is 0 Å². The number of thiophene rings is 1. The first-order valence-electron chi connectivity index (χ1n) is 8.11. The Morgan fingerprint density at radius 1 is 1.29 bits per heavy atom. The molecule has 0 amide bonds. The molecule has 1 heterocycles. The van der Waals surface area contributed by atoms with Gasteiger partial charge in [0.15, 0.2) is 5.78 Å². The van der Waals surface area contributed by atoms with Crippen LogP contribution in [0.1, 0.15) is 35.3 Å².